The Morgan fingerprint density at radius 1 is 1.78 bits per heavy atom. The third kappa shape index (κ3) is 1.54. The molecule has 0 aromatic rings. The van der Waals surface area contributed by atoms with Crippen molar-refractivity contribution in [2.24, 2.45) is 0 Å². The lowest BCUT2D eigenvalue weighted by atomic mass is 10.1. The summed E-state index contributed by atoms with van der Waals surface area (Å²) in [4.78, 5) is 20.1. The maximum absolute atomic E-state index is 10.2. The number of rotatable bonds is 1. The monoisotopic (exact) mass is 146 g/mol. The second-order valence-corrected chi connectivity index (χ2v) is 1.90. The highest BCUT2D eigenvalue weighted by atomic mass is 35.5. The van der Waals surface area contributed by atoms with Gasteiger partial charge in [0.2, 0.25) is 0 Å². The lowest BCUT2D eigenvalue weighted by Gasteiger charge is -2.09. The van der Waals surface area contributed by atoms with Gasteiger partial charge in [-0.25, -0.2) is 4.79 Å². The Morgan fingerprint density at radius 3 is 2.67 bits per heavy atom. The Kier molecular flexibility index (Phi) is 1.53. The number of ether oxygens (including phenoxy) is 1. The van der Waals surface area contributed by atoms with Crippen molar-refractivity contribution in [2.45, 2.75) is 6.42 Å². The summed E-state index contributed by atoms with van der Waals surface area (Å²) in [5.41, 5.74) is -0.895. The van der Waals surface area contributed by atoms with Gasteiger partial charge in [0.05, 0.1) is 6.42 Å². The van der Waals surface area contributed by atoms with E-state index in [1.165, 1.54) is 6.08 Å². The number of hydrogen-bond donors (Lipinski definition) is 0. The summed E-state index contributed by atoms with van der Waals surface area (Å²) in [5, 5.41) is 0. The zero-order valence-electron chi connectivity index (χ0n) is 4.39. The minimum atomic E-state index is -0.895. The van der Waals surface area contributed by atoms with Crippen molar-refractivity contribution in [2.75, 3.05) is 0 Å². The van der Waals surface area contributed by atoms with Gasteiger partial charge in [-0.2, -0.15) is 0 Å². The van der Waals surface area contributed by atoms with Gasteiger partial charge >= 0.3 is 5.43 Å². The molecule has 0 bridgehead atoms. The molecule has 0 spiro atoms. The molecule has 0 amide bonds. The molecule has 1 rings (SSSR count). The predicted molar refractivity (Wildman–Crippen MR) is 30.0 cm³/mol. The molecule has 1 aliphatic carbocycles. The van der Waals surface area contributed by atoms with E-state index < -0.39 is 5.43 Å². The van der Waals surface area contributed by atoms with Crippen LogP contribution in [0.1, 0.15) is 6.42 Å². The Bertz CT molecular complexity index is 194. The second-order valence-electron chi connectivity index (χ2n) is 1.59. The fourth-order valence-corrected chi connectivity index (χ4v) is 0.590. The molecule has 3 nitrogen and oxygen atoms in total. The van der Waals surface area contributed by atoms with E-state index in [9.17, 15) is 9.59 Å². The highest BCUT2D eigenvalue weighted by molar-refractivity contribution is 6.61. The molecule has 1 aliphatic rings. The van der Waals surface area contributed by atoms with Crippen molar-refractivity contribution >= 4 is 22.8 Å². The first-order chi connectivity index (χ1) is 4.18. The van der Waals surface area contributed by atoms with Crippen molar-refractivity contribution in [3.63, 3.8) is 0 Å². The van der Waals surface area contributed by atoms with Crippen molar-refractivity contribution in [3.8, 4) is 0 Å². The highest BCUT2D eigenvalue weighted by Gasteiger charge is 2.18. The van der Waals surface area contributed by atoms with E-state index in [-0.39, 0.29) is 12.2 Å². The molecule has 0 unspecified atom stereocenters. The topological polar surface area (TPSA) is 43.4 Å². The molecule has 0 N–H and O–H groups in total. The van der Waals surface area contributed by atoms with E-state index in [4.69, 9.17) is 11.6 Å². The average molecular weight is 147 g/mol. The van der Waals surface area contributed by atoms with Crippen molar-refractivity contribution in [1.29, 1.82) is 0 Å². The maximum atomic E-state index is 10.2. The minimum Gasteiger partial charge on any atom is -0.418 e. The summed E-state index contributed by atoms with van der Waals surface area (Å²) in [6.07, 6.45) is 1.43. The molecule has 0 aliphatic heterocycles. The number of carbonyl (C=O) groups is 2. The average Bonchev–Trinajstić information content (AvgIpc) is 1.60. The molecule has 9 heavy (non-hydrogen) atoms. The van der Waals surface area contributed by atoms with Gasteiger partial charge in [-0.3, -0.25) is 4.79 Å². The van der Waals surface area contributed by atoms with Crippen LogP contribution < -0.4 is 0 Å². The summed E-state index contributed by atoms with van der Waals surface area (Å²) >= 11 is 4.82. The molecule has 0 radical (unpaired) electrons. The molecule has 0 aromatic heterocycles. The first-order valence-corrected chi connectivity index (χ1v) is 2.67. The van der Waals surface area contributed by atoms with Crippen LogP contribution in [0.15, 0.2) is 11.8 Å². The first kappa shape index (κ1) is 6.29. The molecular weight excluding hydrogens is 144 g/mol. The lowest BCUT2D eigenvalue weighted by molar-refractivity contribution is -0.116. The van der Waals surface area contributed by atoms with Crippen LogP contribution in [-0.4, -0.2) is 11.2 Å². The van der Waals surface area contributed by atoms with E-state index in [1.54, 1.807) is 0 Å². The van der Waals surface area contributed by atoms with Gasteiger partial charge in [0, 0.05) is 17.7 Å². The Hall–Kier alpha value is -0.830. The third-order valence-corrected chi connectivity index (χ3v) is 0.959. The van der Waals surface area contributed by atoms with E-state index in [0.717, 1.165) is 0 Å². The highest BCUT2D eigenvalue weighted by Crippen LogP contribution is 2.16. The predicted octanol–water partition coefficient (Wildman–Crippen LogP) is 1.22. The molecule has 0 heterocycles. The van der Waals surface area contributed by atoms with Crippen LogP contribution in [0, 0.1) is 0 Å². The van der Waals surface area contributed by atoms with Crippen LogP contribution in [0.3, 0.4) is 0 Å². The third-order valence-electron chi connectivity index (χ3n) is 0.882. The summed E-state index contributed by atoms with van der Waals surface area (Å²) in [7, 11) is 0. The Labute approximate surface area is 56.2 Å². The van der Waals surface area contributed by atoms with Gasteiger partial charge < -0.3 is 4.74 Å². The van der Waals surface area contributed by atoms with Crippen molar-refractivity contribution < 1.29 is 14.3 Å². The molecule has 0 saturated carbocycles. The van der Waals surface area contributed by atoms with Gasteiger partial charge in [-0.15, -0.1) is 0 Å². The van der Waals surface area contributed by atoms with E-state index >= 15 is 0 Å². The van der Waals surface area contributed by atoms with Crippen LogP contribution >= 0.6 is 11.6 Å². The van der Waals surface area contributed by atoms with E-state index in [2.05, 4.69) is 4.74 Å². The SMILES string of the molecule is O=C1C=C(OC(=O)Cl)C1. The zero-order chi connectivity index (χ0) is 6.85. The number of allylic oxidation sites excluding steroid dienone is 2. The fourth-order valence-electron chi connectivity index (χ4n) is 0.491. The zero-order valence-corrected chi connectivity index (χ0v) is 5.14. The molecular formula is C5H3ClO3. The summed E-state index contributed by atoms with van der Waals surface area (Å²) < 4.78 is 4.32. The maximum Gasteiger partial charge on any atom is 0.408 e. The molecule has 0 saturated heterocycles. The summed E-state index contributed by atoms with van der Waals surface area (Å²) in [5.74, 6) is 0.308. The van der Waals surface area contributed by atoms with Crippen LogP contribution in [0.5, 0.6) is 0 Å². The lowest BCUT2D eigenvalue weighted by Crippen LogP contribution is -2.11. The van der Waals surface area contributed by atoms with Crippen LogP contribution in [0.2, 0.25) is 0 Å². The van der Waals surface area contributed by atoms with Gasteiger partial charge in [0.25, 0.3) is 0 Å². The van der Waals surface area contributed by atoms with Crippen molar-refractivity contribution in [1.82, 2.24) is 0 Å². The van der Waals surface area contributed by atoms with E-state index in [0.29, 0.717) is 5.76 Å². The van der Waals surface area contributed by atoms with Gasteiger partial charge in [-0.1, -0.05) is 0 Å². The van der Waals surface area contributed by atoms with Gasteiger partial charge in [-0.05, 0) is 0 Å². The molecule has 48 valence electrons. The van der Waals surface area contributed by atoms with E-state index in [1.807, 2.05) is 0 Å². The number of hydrogen-bond acceptors (Lipinski definition) is 3. The second kappa shape index (κ2) is 2.19. The Balaban J connectivity index is 2.41. The summed E-state index contributed by atoms with van der Waals surface area (Å²) in [6.45, 7) is 0. The van der Waals surface area contributed by atoms with Crippen LogP contribution in [-0.2, 0) is 9.53 Å². The van der Waals surface area contributed by atoms with Gasteiger partial charge in [0.1, 0.15) is 5.76 Å². The fraction of sp³-hybridized carbons (Fsp3) is 0.200. The number of ketones is 1. The Morgan fingerprint density at radius 2 is 2.33 bits per heavy atom. The molecule has 0 atom stereocenters. The van der Waals surface area contributed by atoms with Crippen LogP contribution in [0.25, 0.3) is 0 Å². The van der Waals surface area contributed by atoms with Gasteiger partial charge in [0.15, 0.2) is 5.78 Å². The van der Waals surface area contributed by atoms with Crippen LogP contribution in [0.4, 0.5) is 4.79 Å². The smallest absolute Gasteiger partial charge is 0.408 e. The largest absolute Gasteiger partial charge is 0.418 e. The number of carbonyl (C=O) groups excluding carboxylic acids is 2. The summed E-state index contributed by atoms with van der Waals surface area (Å²) in [6, 6.07) is 0. The molecule has 0 fully saturated rings. The number of halogens is 1. The quantitative estimate of drug-likeness (QED) is 0.523. The molecule has 0 aromatic carbocycles. The first-order valence-electron chi connectivity index (χ1n) is 2.29. The standard InChI is InChI=1S/C5H3ClO3/c6-5(8)9-4-1-3(7)2-4/h1H,2H2. The molecule has 4 heteroatoms. The van der Waals surface area contributed by atoms with Crippen molar-refractivity contribution in [3.05, 3.63) is 11.8 Å². The normalized spacial score (nSPS) is 16.1. The minimum absolute atomic E-state index is 0.0390.